The third-order valence-corrected chi connectivity index (χ3v) is 7.67. The lowest BCUT2D eigenvalue weighted by Crippen LogP contribution is -2.31. The molecule has 1 aromatic heterocycles. The van der Waals surface area contributed by atoms with Crippen molar-refractivity contribution in [3.05, 3.63) is 115 Å². The maximum absolute atomic E-state index is 11.9. The Hall–Kier alpha value is -4.33. The van der Waals surface area contributed by atoms with E-state index in [4.69, 9.17) is 15.3 Å². The molecular weight excluding hydrogens is 636 g/mol. The maximum atomic E-state index is 11.9. The zero-order valence-corrected chi connectivity index (χ0v) is 26.6. The highest BCUT2D eigenvalue weighted by Crippen LogP contribution is 2.30. The smallest absolute Gasteiger partial charge is 0.350 e. The first-order valence-corrected chi connectivity index (χ1v) is 16.2. The van der Waals surface area contributed by atoms with Crippen LogP contribution in [-0.2, 0) is 43.2 Å². The van der Waals surface area contributed by atoms with Gasteiger partial charge in [0.25, 0.3) is 11.6 Å². The summed E-state index contributed by atoms with van der Waals surface area (Å²) in [6.45, 7) is 8.92. The van der Waals surface area contributed by atoms with Crippen molar-refractivity contribution in [2.24, 2.45) is 10.1 Å². The van der Waals surface area contributed by atoms with E-state index in [1.807, 2.05) is 50.2 Å². The number of esters is 1. The number of carbonyl (C=O) groups is 1. The Morgan fingerprint density at radius 2 is 1.50 bits per heavy atom. The summed E-state index contributed by atoms with van der Waals surface area (Å²) in [5, 5.41) is 0. The van der Waals surface area contributed by atoms with Crippen LogP contribution in [0.2, 0.25) is 0 Å². The van der Waals surface area contributed by atoms with Gasteiger partial charge < -0.3 is 15.5 Å². The lowest BCUT2D eigenvalue weighted by molar-refractivity contribution is -0.139. The van der Waals surface area contributed by atoms with Crippen molar-refractivity contribution in [2.75, 3.05) is 13.2 Å². The molecule has 2 unspecified atom stereocenters. The standard InChI is InChI=1S/C15H20N2O2.C14H15N3O2.CClNO3S.CH4/c1-3-19-15(18)14-11(2)17(10-13(14)16)9-12-7-5-4-6-8-12;1-9-12-11(15-14(19)16-13(12)18)8-17(9)7-10-5-3-2-4-6-10;2-7(5,6)3-1-4;/h4-8,11H,3,9-10,16H2,1-2H3;2-6,9H,7-8H2,1H3,(H2,15,16,18,19);;1H4. The summed E-state index contributed by atoms with van der Waals surface area (Å²) in [4.78, 5) is 53.4. The molecule has 0 radical (unpaired) electrons. The van der Waals surface area contributed by atoms with E-state index in [1.54, 1.807) is 6.92 Å². The second-order valence-corrected chi connectivity index (χ2v) is 12.4. The normalized spacial score (nSPS) is 17.3. The third-order valence-electron chi connectivity index (χ3n) is 7.17. The SMILES string of the molecule is C.CC1c2c([nH]c(=O)[nH]c2=O)CN1Cc1ccccc1.CCOC(=O)C1=C(N)CN(Cc2ccccc2)C1C.O=C=NS(=O)(=O)Cl. The van der Waals surface area contributed by atoms with Gasteiger partial charge in [-0.25, -0.2) is 14.4 Å². The van der Waals surface area contributed by atoms with E-state index in [0.29, 0.717) is 36.5 Å². The summed E-state index contributed by atoms with van der Waals surface area (Å²) < 4.78 is 26.4. The van der Waals surface area contributed by atoms with Gasteiger partial charge in [0.1, 0.15) is 0 Å². The summed E-state index contributed by atoms with van der Waals surface area (Å²) in [5.41, 5.74) is 10.3. The predicted molar refractivity (Wildman–Crippen MR) is 176 cm³/mol. The molecule has 0 spiro atoms. The molecule has 248 valence electrons. The highest BCUT2D eigenvalue weighted by molar-refractivity contribution is 8.12. The van der Waals surface area contributed by atoms with Crippen LogP contribution < -0.4 is 17.0 Å². The molecule has 0 aliphatic carbocycles. The Bertz CT molecular complexity index is 1770. The summed E-state index contributed by atoms with van der Waals surface area (Å²) in [6, 6.07) is 20.3. The number of hydrogen-bond donors (Lipinski definition) is 3. The van der Waals surface area contributed by atoms with Gasteiger partial charge in [0.2, 0.25) is 0 Å². The average Bonchev–Trinajstić information content (AvgIpc) is 3.43. The predicted octanol–water partition coefficient (Wildman–Crippen LogP) is 3.25. The number of ether oxygens (including phenoxy) is 1. The van der Waals surface area contributed by atoms with Crippen molar-refractivity contribution in [2.45, 2.75) is 59.9 Å². The molecule has 3 heterocycles. The number of nitrogens with zero attached hydrogens (tertiary/aromatic N) is 3. The number of aromatic amines is 2. The molecule has 4 N–H and O–H groups in total. The molecule has 0 saturated carbocycles. The number of fused-ring (bicyclic) bond motifs is 1. The minimum atomic E-state index is -4.00. The average molecular weight is 675 g/mol. The summed E-state index contributed by atoms with van der Waals surface area (Å²) >= 11 is 0. The first kappa shape index (κ1) is 37.9. The number of nitrogens with two attached hydrogens (primary N) is 1. The first-order chi connectivity index (χ1) is 21.3. The largest absolute Gasteiger partial charge is 0.463 e. The van der Waals surface area contributed by atoms with Crippen LogP contribution in [-0.4, -0.2) is 59.4 Å². The molecule has 2 aliphatic rings. The molecular formula is C31H39ClN6O7S. The van der Waals surface area contributed by atoms with Crippen LogP contribution in [0.1, 0.15) is 56.6 Å². The van der Waals surface area contributed by atoms with E-state index in [0.717, 1.165) is 24.9 Å². The highest BCUT2D eigenvalue weighted by Gasteiger charge is 2.33. The molecule has 2 aromatic carbocycles. The van der Waals surface area contributed by atoms with Gasteiger partial charge >= 0.3 is 20.9 Å². The number of aromatic nitrogens is 2. The van der Waals surface area contributed by atoms with Crippen LogP contribution >= 0.6 is 10.7 Å². The van der Waals surface area contributed by atoms with E-state index >= 15 is 0 Å². The van der Waals surface area contributed by atoms with E-state index in [2.05, 4.69) is 59.1 Å². The Morgan fingerprint density at radius 1 is 0.978 bits per heavy atom. The number of hydrogen-bond acceptors (Lipinski definition) is 10. The van der Waals surface area contributed by atoms with Crippen LogP contribution in [0.4, 0.5) is 0 Å². The van der Waals surface area contributed by atoms with Crippen molar-refractivity contribution < 1.29 is 22.7 Å². The molecule has 15 heteroatoms. The molecule has 2 atom stereocenters. The molecule has 46 heavy (non-hydrogen) atoms. The topological polar surface area (TPSA) is 188 Å². The fourth-order valence-electron chi connectivity index (χ4n) is 5.10. The molecule has 3 aromatic rings. The van der Waals surface area contributed by atoms with E-state index < -0.39 is 14.9 Å². The van der Waals surface area contributed by atoms with Crippen molar-refractivity contribution in [3.63, 3.8) is 0 Å². The van der Waals surface area contributed by atoms with Crippen LogP contribution in [0.15, 0.2) is 85.9 Å². The van der Waals surface area contributed by atoms with Crippen molar-refractivity contribution in [1.29, 1.82) is 0 Å². The van der Waals surface area contributed by atoms with Crippen LogP contribution in [0.3, 0.4) is 0 Å². The van der Waals surface area contributed by atoms with Gasteiger partial charge in [0, 0.05) is 60.3 Å². The second kappa shape index (κ2) is 17.4. The van der Waals surface area contributed by atoms with Crippen LogP contribution in [0.5, 0.6) is 0 Å². The Kier molecular flexibility index (Phi) is 14.3. The van der Waals surface area contributed by atoms with Crippen molar-refractivity contribution >= 4 is 32.0 Å². The highest BCUT2D eigenvalue weighted by atomic mass is 35.7. The number of benzene rings is 2. The van der Waals surface area contributed by atoms with Crippen molar-refractivity contribution in [3.8, 4) is 0 Å². The first-order valence-electron chi connectivity index (χ1n) is 13.9. The fraction of sp³-hybridized carbons (Fsp3) is 0.355. The number of halogens is 1. The Morgan fingerprint density at radius 3 is 1.96 bits per heavy atom. The summed E-state index contributed by atoms with van der Waals surface area (Å²) in [6.07, 6.45) is 0.763. The van der Waals surface area contributed by atoms with Crippen molar-refractivity contribution in [1.82, 2.24) is 19.8 Å². The molecule has 5 rings (SSSR count). The molecule has 0 saturated heterocycles. The van der Waals surface area contributed by atoms with Gasteiger partial charge in [-0.05, 0) is 31.9 Å². The third kappa shape index (κ3) is 10.6. The van der Waals surface area contributed by atoms with E-state index in [9.17, 15) is 22.8 Å². The number of H-pyrrole nitrogens is 2. The minimum absolute atomic E-state index is 0. The number of rotatable bonds is 7. The monoisotopic (exact) mass is 674 g/mol. The van der Waals surface area contributed by atoms with Gasteiger partial charge in [0.05, 0.1) is 17.7 Å². The molecule has 0 amide bonds. The van der Waals surface area contributed by atoms with E-state index in [-0.39, 0.29) is 31.0 Å². The van der Waals surface area contributed by atoms with Gasteiger partial charge in [-0.1, -0.05) is 72.5 Å². The summed E-state index contributed by atoms with van der Waals surface area (Å²) in [5.74, 6) is -0.289. The molecule has 2 aliphatic heterocycles. The number of isocyanates is 1. The lowest BCUT2D eigenvalue weighted by atomic mass is 10.1. The van der Waals surface area contributed by atoms with Gasteiger partial charge in [-0.15, -0.1) is 0 Å². The van der Waals surface area contributed by atoms with Crippen LogP contribution in [0.25, 0.3) is 0 Å². The van der Waals surface area contributed by atoms with Gasteiger partial charge in [-0.3, -0.25) is 19.6 Å². The summed E-state index contributed by atoms with van der Waals surface area (Å²) in [7, 11) is 0.376. The zero-order chi connectivity index (χ0) is 33.1. The van der Waals surface area contributed by atoms with E-state index in [1.165, 1.54) is 11.1 Å². The van der Waals surface area contributed by atoms with Gasteiger partial charge in [0.15, 0.2) is 0 Å². The second-order valence-electron chi connectivity index (χ2n) is 10.2. The zero-order valence-electron chi connectivity index (χ0n) is 25.0. The lowest BCUT2D eigenvalue weighted by Gasteiger charge is -2.22. The number of nitrogens with one attached hydrogen (secondary N) is 2. The Balaban J connectivity index is 0.000000262. The number of carbonyl (C=O) groups excluding carboxylic acids is 2. The molecule has 0 bridgehead atoms. The molecule has 0 fully saturated rings. The minimum Gasteiger partial charge on any atom is -0.463 e. The van der Waals surface area contributed by atoms with Gasteiger partial charge in [-0.2, -0.15) is 8.42 Å². The quantitative estimate of drug-likeness (QED) is 0.145. The molecule has 13 nitrogen and oxygen atoms in total. The van der Waals surface area contributed by atoms with Crippen LogP contribution in [0, 0.1) is 0 Å². The fourth-order valence-corrected chi connectivity index (χ4v) is 5.27. The Labute approximate surface area is 272 Å². The maximum Gasteiger partial charge on any atom is 0.350 e.